The molecule has 6 N–H and O–H groups in total. The van der Waals surface area contributed by atoms with Crippen LogP contribution >= 0.6 is 0 Å². The molecule has 102 valence electrons. The van der Waals surface area contributed by atoms with Crippen molar-refractivity contribution in [2.24, 2.45) is 5.92 Å². The molecule has 2 aromatic heterocycles. The molecule has 1 aliphatic carbocycles. The zero-order chi connectivity index (χ0) is 13.6. The molecule has 0 aliphatic heterocycles. The molecule has 3 rings (SSSR count). The Labute approximate surface area is 109 Å². The van der Waals surface area contributed by atoms with Gasteiger partial charge in [-0.2, -0.15) is 0 Å². The van der Waals surface area contributed by atoms with E-state index in [1.165, 1.54) is 6.33 Å². The van der Waals surface area contributed by atoms with E-state index in [9.17, 15) is 15.3 Å². The van der Waals surface area contributed by atoms with E-state index in [4.69, 9.17) is 5.73 Å². The van der Waals surface area contributed by atoms with Gasteiger partial charge in [-0.05, 0) is 6.42 Å². The van der Waals surface area contributed by atoms with E-state index in [1.54, 1.807) is 6.20 Å². The molecule has 1 aliphatic rings. The smallest absolute Gasteiger partial charge is 0.151 e. The van der Waals surface area contributed by atoms with Crippen molar-refractivity contribution in [3.8, 4) is 0 Å². The van der Waals surface area contributed by atoms with Crippen LogP contribution in [0.25, 0.3) is 11.0 Å². The lowest BCUT2D eigenvalue weighted by Crippen LogP contribution is -2.28. The first kappa shape index (κ1) is 12.3. The van der Waals surface area contributed by atoms with Gasteiger partial charge in [-0.25, -0.2) is 9.97 Å². The quantitative estimate of drug-likeness (QED) is 0.490. The summed E-state index contributed by atoms with van der Waals surface area (Å²) in [5, 5.41) is 29.2. The van der Waals surface area contributed by atoms with Crippen molar-refractivity contribution in [3.63, 3.8) is 0 Å². The van der Waals surface area contributed by atoms with Crippen LogP contribution in [-0.2, 0) is 0 Å². The van der Waals surface area contributed by atoms with Crippen molar-refractivity contribution >= 4 is 16.9 Å². The Balaban J connectivity index is 2.04. The van der Waals surface area contributed by atoms with Crippen LogP contribution in [0.15, 0.2) is 12.5 Å². The van der Waals surface area contributed by atoms with E-state index >= 15 is 0 Å². The van der Waals surface area contributed by atoms with E-state index < -0.39 is 12.2 Å². The SMILES string of the molecule is Nc1ncnc2c([C@@H]3C[C@H](CO)[C@@H](O)[C@H]3O)c[nH]c12. The van der Waals surface area contributed by atoms with Crippen molar-refractivity contribution in [2.45, 2.75) is 24.5 Å². The van der Waals surface area contributed by atoms with Crippen LogP contribution in [-0.4, -0.2) is 49.1 Å². The van der Waals surface area contributed by atoms with Gasteiger partial charge in [0.2, 0.25) is 0 Å². The number of nitrogens with one attached hydrogen (secondary N) is 1. The lowest BCUT2D eigenvalue weighted by molar-refractivity contribution is 0.00241. The standard InChI is InChI=1S/C12H16N4O3/c13-12-9-8(15-4-16-12)7(2-14-9)6-1-5(3-17)10(18)11(6)19/h2,4-6,10-11,14,17-19H,1,3H2,(H2,13,15,16)/t5-,6+,10-,11+/m1/s1. The highest BCUT2D eigenvalue weighted by molar-refractivity contribution is 5.87. The number of aliphatic hydroxyl groups is 3. The molecule has 0 radical (unpaired) electrons. The lowest BCUT2D eigenvalue weighted by Gasteiger charge is -2.15. The summed E-state index contributed by atoms with van der Waals surface area (Å²) in [6.45, 7) is -0.145. The van der Waals surface area contributed by atoms with Crippen LogP contribution < -0.4 is 5.73 Å². The van der Waals surface area contributed by atoms with Gasteiger partial charge in [0.15, 0.2) is 5.82 Å². The van der Waals surface area contributed by atoms with Crippen LogP contribution in [0.1, 0.15) is 17.9 Å². The minimum absolute atomic E-state index is 0.145. The largest absolute Gasteiger partial charge is 0.396 e. The van der Waals surface area contributed by atoms with E-state index in [2.05, 4.69) is 15.0 Å². The highest BCUT2D eigenvalue weighted by Gasteiger charge is 2.42. The number of nitrogen functional groups attached to an aromatic ring is 1. The Hall–Kier alpha value is -1.70. The van der Waals surface area contributed by atoms with Gasteiger partial charge >= 0.3 is 0 Å². The highest BCUT2D eigenvalue weighted by Crippen LogP contribution is 2.41. The molecule has 19 heavy (non-hydrogen) atoms. The second-order valence-electron chi connectivity index (χ2n) is 4.99. The van der Waals surface area contributed by atoms with Crippen LogP contribution in [0.3, 0.4) is 0 Å². The average Bonchev–Trinajstić information content (AvgIpc) is 2.94. The van der Waals surface area contributed by atoms with E-state index in [1.807, 2.05) is 0 Å². The number of nitrogens with two attached hydrogens (primary N) is 1. The van der Waals surface area contributed by atoms with Crippen LogP contribution in [0, 0.1) is 5.92 Å². The fourth-order valence-corrected chi connectivity index (χ4v) is 2.88. The Morgan fingerprint density at radius 3 is 2.79 bits per heavy atom. The summed E-state index contributed by atoms with van der Waals surface area (Å²) in [7, 11) is 0. The second kappa shape index (κ2) is 4.44. The fraction of sp³-hybridized carbons (Fsp3) is 0.500. The van der Waals surface area contributed by atoms with Gasteiger partial charge in [-0.1, -0.05) is 0 Å². The number of aromatic amines is 1. The number of fused-ring (bicyclic) bond motifs is 1. The molecule has 2 heterocycles. The Kier molecular flexibility index (Phi) is 2.89. The van der Waals surface area contributed by atoms with Crippen LogP contribution in [0.5, 0.6) is 0 Å². The Morgan fingerprint density at radius 2 is 2.11 bits per heavy atom. The summed E-state index contributed by atoms with van der Waals surface area (Å²) in [6, 6.07) is 0. The highest BCUT2D eigenvalue weighted by atomic mass is 16.3. The number of hydrogen-bond acceptors (Lipinski definition) is 6. The van der Waals surface area contributed by atoms with Gasteiger partial charge in [-0.15, -0.1) is 0 Å². The first-order valence-electron chi connectivity index (χ1n) is 6.18. The molecule has 4 atom stereocenters. The number of aromatic nitrogens is 3. The van der Waals surface area contributed by atoms with Gasteiger partial charge in [0.25, 0.3) is 0 Å². The topological polar surface area (TPSA) is 128 Å². The molecule has 0 amide bonds. The zero-order valence-electron chi connectivity index (χ0n) is 10.2. The summed E-state index contributed by atoms with van der Waals surface area (Å²) in [4.78, 5) is 11.1. The first-order chi connectivity index (χ1) is 9.13. The molecule has 0 aromatic carbocycles. The zero-order valence-corrected chi connectivity index (χ0v) is 10.2. The van der Waals surface area contributed by atoms with Crippen molar-refractivity contribution < 1.29 is 15.3 Å². The third-order valence-electron chi connectivity index (χ3n) is 3.96. The van der Waals surface area contributed by atoms with Gasteiger partial charge in [0.05, 0.1) is 17.7 Å². The normalized spacial score (nSPS) is 31.1. The number of rotatable bonds is 2. The molecular weight excluding hydrogens is 248 g/mol. The van der Waals surface area contributed by atoms with Gasteiger partial charge in [0, 0.05) is 30.2 Å². The Morgan fingerprint density at radius 1 is 1.32 bits per heavy atom. The van der Waals surface area contributed by atoms with Crippen molar-refractivity contribution in [1.82, 2.24) is 15.0 Å². The molecule has 0 saturated heterocycles. The predicted molar refractivity (Wildman–Crippen MR) is 68.2 cm³/mol. The second-order valence-corrected chi connectivity index (χ2v) is 4.99. The third kappa shape index (κ3) is 1.78. The number of aliphatic hydroxyl groups excluding tert-OH is 3. The molecule has 7 nitrogen and oxygen atoms in total. The maximum Gasteiger partial charge on any atom is 0.151 e. The van der Waals surface area contributed by atoms with Crippen molar-refractivity contribution in [2.75, 3.05) is 12.3 Å². The minimum Gasteiger partial charge on any atom is -0.396 e. The molecule has 1 saturated carbocycles. The lowest BCUT2D eigenvalue weighted by atomic mass is 9.96. The summed E-state index contributed by atoms with van der Waals surface area (Å²) >= 11 is 0. The summed E-state index contributed by atoms with van der Waals surface area (Å²) < 4.78 is 0. The average molecular weight is 264 g/mol. The summed E-state index contributed by atoms with van der Waals surface area (Å²) in [5.74, 6) is -0.234. The van der Waals surface area contributed by atoms with Gasteiger partial charge in [0.1, 0.15) is 11.8 Å². The number of H-pyrrole nitrogens is 1. The predicted octanol–water partition coefficient (Wildman–Crippen LogP) is -0.642. The molecule has 0 bridgehead atoms. The van der Waals surface area contributed by atoms with E-state index in [0.717, 1.165) is 5.56 Å². The van der Waals surface area contributed by atoms with Crippen molar-refractivity contribution in [3.05, 3.63) is 18.1 Å². The maximum absolute atomic E-state index is 10.1. The molecule has 1 fully saturated rings. The third-order valence-corrected chi connectivity index (χ3v) is 3.96. The molecule has 2 aromatic rings. The first-order valence-corrected chi connectivity index (χ1v) is 6.18. The number of nitrogens with zero attached hydrogens (tertiary/aromatic N) is 2. The molecule has 0 unspecified atom stereocenters. The molecular formula is C12H16N4O3. The number of hydrogen-bond donors (Lipinski definition) is 5. The summed E-state index contributed by atoms with van der Waals surface area (Å²) in [6.07, 6.45) is 1.79. The van der Waals surface area contributed by atoms with Gasteiger partial charge in [-0.3, -0.25) is 0 Å². The monoisotopic (exact) mass is 264 g/mol. The summed E-state index contributed by atoms with van der Waals surface area (Å²) in [5.41, 5.74) is 7.83. The maximum atomic E-state index is 10.1. The molecule has 0 spiro atoms. The number of anilines is 1. The van der Waals surface area contributed by atoms with E-state index in [0.29, 0.717) is 23.3 Å². The minimum atomic E-state index is -0.917. The molecule has 7 heteroatoms. The fourth-order valence-electron chi connectivity index (χ4n) is 2.88. The van der Waals surface area contributed by atoms with Gasteiger partial charge < -0.3 is 26.0 Å². The van der Waals surface area contributed by atoms with E-state index in [-0.39, 0.29) is 18.4 Å². The Bertz CT molecular complexity index is 600. The van der Waals surface area contributed by atoms with Crippen LogP contribution in [0.2, 0.25) is 0 Å². The van der Waals surface area contributed by atoms with Crippen molar-refractivity contribution in [1.29, 1.82) is 0 Å². The van der Waals surface area contributed by atoms with Crippen LogP contribution in [0.4, 0.5) is 5.82 Å².